The number of allylic oxidation sites excluding steroid dienone is 1. The van der Waals surface area contributed by atoms with Crippen molar-refractivity contribution in [2.75, 3.05) is 0 Å². The summed E-state index contributed by atoms with van der Waals surface area (Å²) in [5.74, 6) is -1.64. The summed E-state index contributed by atoms with van der Waals surface area (Å²) in [4.78, 5) is 26.4. The van der Waals surface area contributed by atoms with Gasteiger partial charge in [0, 0.05) is 6.08 Å². The Labute approximate surface area is 202 Å². The van der Waals surface area contributed by atoms with E-state index in [2.05, 4.69) is 20.4 Å². The minimum atomic E-state index is -1.82. The molecule has 5 heteroatoms. The number of rotatable bonds is 3. The number of aliphatic hydroxyl groups excluding tert-OH is 1. The molecule has 7 atom stereocenters. The number of Topliss-reactive ketones (excluding diaryl/α,β-unsaturated/α-hetero) is 1. The second-order valence-corrected chi connectivity index (χ2v) is 11.1. The molecule has 0 radical (unpaired) electrons. The third-order valence-corrected chi connectivity index (χ3v) is 8.42. The predicted octanol–water partition coefficient (Wildman–Crippen LogP) is 4.50. The average Bonchev–Trinajstić information content (AvgIpc) is 3.22. The lowest BCUT2D eigenvalue weighted by atomic mass is 9.77. The molecule has 3 aliphatic carbocycles. The molecule has 0 aliphatic heterocycles. The van der Waals surface area contributed by atoms with Crippen LogP contribution < -0.4 is 0 Å². The van der Waals surface area contributed by atoms with E-state index in [4.69, 9.17) is 4.74 Å². The molecule has 0 saturated heterocycles. The van der Waals surface area contributed by atoms with Crippen LogP contribution in [0.25, 0.3) is 6.08 Å². The number of carbonyl (C=O) groups excluding carboxylic acids is 2. The standard InChI is InChI=1S/C29H36O5/c1-17-11-13-21-22(28(21,4)5)15-18(2)27(32)29(33)16-19(3)25(31)24(29)26(17)34-23(30)14-12-20-9-7-6-8-10-20/h6-10,12,14-15,19,21-22,24-26,31,33H,1,11,13,16H2,2-5H3/b14-12+,18-15+/t19-,21-,22+,24+,25-,26-,29+/m0/s1. The number of benzene rings is 1. The van der Waals surface area contributed by atoms with E-state index in [1.165, 1.54) is 6.08 Å². The minimum absolute atomic E-state index is 0.0656. The van der Waals surface area contributed by atoms with Crippen molar-refractivity contribution in [1.82, 2.24) is 0 Å². The summed E-state index contributed by atoms with van der Waals surface area (Å²) >= 11 is 0. The van der Waals surface area contributed by atoms with Crippen LogP contribution in [-0.2, 0) is 14.3 Å². The molecule has 0 amide bonds. The van der Waals surface area contributed by atoms with Gasteiger partial charge in [-0.2, -0.15) is 0 Å². The van der Waals surface area contributed by atoms with E-state index in [1.54, 1.807) is 13.0 Å². The van der Waals surface area contributed by atoms with Gasteiger partial charge in [-0.25, -0.2) is 4.79 Å². The van der Waals surface area contributed by atoms with Crippen molar-refractivity contribution in [2.45, 2.75) is 64.8 Å². The van der Waals surface area contributed by atoms with Crippen molar-refractivity contribution < 1.29 is 24.5 Å². The van der Waals surface area contributed by atoms with Crippen LogP contribution in [0.5, 0.6) is 0 Å². The van der Waals surface area contributed by atoms with E-state index < -0.39 is 35.5 Å². The molecule has 0 heterocycles. The van der Waals surface area contributed by atoms with Crippen LogP contribution in [0.3, 0.4) is 0 Å². The van der Waals surface area contributed by atoms with Gasteiger partial charge in [0.1, 0.15) is 11.7 Å². The van der Waals surface area contributed by atoms with Gasteiger partial charge in [0.25, 0.3) is 0 Å². The average molecular weight is 465 g/mol. The molecule has 5 nitrogen and oxygen atoms in total. The molecule has 2 saturated carbocycles. The number of hydrogen-bond acceptors (Lipinski definition) is 5. The van der Waals surface area contributed by atoms with Gasteiger partial charge >= 0.3 is 5.97 Å². The second kappa shape index (κ2) is 8.94. The van der Waals surface area contributed by atoms with Gasteiger partial charge in [0.2, 0.25) is 0 Å². The topological polar surface area (TPSA) is 83.8 Å². The number of carbonyl (C=O) groups is 2. The van der Waals surface area contributed by atoms with Crippen molar-refractivity contribution in [2.24, 2.45) is 29.1 Å². The highest BCUT2D eigenvalue weighted by atomic mass is 16.5. The van der Waals surface area contributed by atoms with E-state index in [9.17, 15) is 19.8 Å². The zero-order chi connectivity index (χ0) is 24.8. The van der Waals surface area contributed by atoms with E-state index in [1.807, 2.05) is 43.3 Å². The molecule has 2 fully saturated rings. The highest BCUT2D eigenvalue weighted by molar-refractivity contribution is 6.02. The van der Waals surface area contributed by atoms with Crippen molar-refractivity contribution >= 4 is 17.8 Å². The first kappa shape index (κ1) is 24.6. The van der Waals surface area contributed by atoms with Gasteiger partial charge in [0.05, 0.1) is 12.0 Å². The second-order valence-electron chi connectivity index (χ2n) is 11.1. The fourth-order valence-electron chi connectivity index (χ4n) is 6.20. The zero-order valence-electron chi connectivity index (χ0n) is 20.5. The maximum absolute atomic E-state index is 13.6. The summed E-state index contributed by atoms with van der Waals surface area (Å²) in [6.07, 6.45) is 4.58. The quantitative estimate of drug-likeness (QED) is 0.391. The smallest absolute Gasteiger partial charge is 0.331 e. The normalized spacial score (nSPS) is 38.9. The molecule has 4 rings (SSSR count). The Balaban J connectivity index is 1.68. The Morgan fingerprint density at radius 2 is 1.91 bits per heavy atom. The van der Waals surface area contributed by atoms with Gasteiger partial charge < -0.3 is 14.9 Å². The van der Waals surface area contributed by atoms with Gasteiger partial charge in [-0.15, -0.1) is 0 Å². The lowest BCUT2D eigenvalue weighted by Crippen LogP contribution is -2.52. The van der Waals surface area contributed by atoms with Gasteiger partial charge in [-0.3, -0.25) is 4.79 Å². The SMILES string of the molecule is C=C1CC[C@H]2[C@@H](/C=C(\C)C(=O)[C@@]3(O)C[C@H](C)[C@H](O)[C@@H]3[C@H]1OC(=O)/C=C/c1ccccc1)C2(C)C. The van der Waals surface area contributed by atoms with Crippen molar-refractivity contribution in [3.8, 4) is 0 Å². The number of fused-ring (bicyclic) bond motifs is 2. The highest BCUT2D eigenvalue weighted by Crippen LogP contribution is 2.62. The van der Waals surface area contributed by atoms with Crippen LogP contribution in [0.4, 0.5) is 0 Å². The van der Waals surface area contributed by atoms with E-state index in [0.29, 0.717) is 23.5 Å². The molecule has 34 heavy (non-hydrogen) atoms. The number of esters is 1. The molecule has 1 aromatic rings. The first-order chi connectivity index (χ1) is 16.0. The molecule has 2 N–H and O–H groups in total. The largest absolute Gasteiger partial charge is 0.454 e. The summed E-state index contributed by atoms with van der Waals surface area (Å²) in [6.45, 7) is 12.2. The van der Waals surface area contributed by atoms with Crippen molar-refractivity contribution in [3.63, 3.8) is 0 Å². The summed E-state index contributed by atoms with van der Waals surface area (Å²) in [5, 5.41) is 22.8. The van der Waals surface area contributed by atoms with Crippen LogP contribution in [0, 0.1) is 29.1 Å². The molecule has 1 aromatic carbocycles. The van der Waals surface area contributed by atoms with Gasteiger partial charge in [-0.1, -0.05) is 63.8 Å². The van der Waals surface area contributed by atoms with Crippen LogP contribution >= 0.6 is 0 Å². The fourth-order valence-corrected chi connectivity index (χ4v) is 6.20. The maximum Gasteiger partial charge on any atom is 0.331 e. The lowest BCUT2D eigenvalue weighted by Gasteiger charge is -2.36. The molecule has 182 valence electrons. The Morgan fingerprint density at radius 1 is 1.24 bits per heavy atom. The number of ether oxygens (including phenoxy) is 1. The Bertz CT molecular complexity index is 1040. The number of ketones is 1. The van der Waals surface area contributed by atoms with Crippen LogP contribution in [-0.4, -0.2) is 39.8 Å². The Kier molecular flexibility index (Phi) is 6.47. The van der Waals surface area contributed by atoms with E-state index in [0.717, 1.165) is 12.0 Å². The molecule has 0 aromatic heterocycles. The van der Waals surface area contributed by atoms with Crippen molar-refractivity contribution in [3.05, 3.63) is 65.8 Å². The predicted molar refractivity (Wildman–Crippen MR) is 131 cm³/mol. The summed E-state index contributed by atoms with van der Waals surface area (Å²) in [6, 6.07) is 9.39. The van der Waals surface area contributed by atoms with Crippen LogP contribution in [0.1, 0.15) is 52.5 Å². The summed E-state index contributed by atoms with van der Waals surface area (Å²) in [5.41, 5.74) is 0.235. The molecule has 0 unspecified atom stereocenters. The molecular weight excluding hydrogens is 428 g/mol. The number of aliphatic hydroxyl groups is 2. The third kappa shape index (κ3) is 4.32. The highest BCUT2D eigenvalue weighted by Gasteiger charge is 2.61. The molecule has 3 aliphatic rings. The van der Waals surface area contributed by atoms with Crippen molar-refractivity contribution in [1.29, 1.82) is 0 Å². The minimum Gasteiger partial charge on any atom is -0.454 e. The molecule has 0 spiro atoms. The number of hydrogen-bond donors (Lipinski definition) is 2. The Morgan fingerprint density at radius 3 is 2.59 bits per heavy atom. The molecule has 0 bridgehead atoms. The van der Waals surface area contributed by atoms with Crippen LogP contribution in [0.2, 0.25) is 0 Å². The van der Waals surface area contributed by atoms with E-state index >= 15 is 0 Å². The first-order valence-corrected chi connectivity index (χ1v) is 12.2. The first-order valence-electron chi connectivity index (χ1n) is 12.2. The third-order valence-electron chi connectivity index (χ3n) is 8.42. The molecular formula is C29H36O5. The summed E-state index contributed by atoms with van der Waals surface area (Å²) in [7, 11) is 0. The van der Waals surface area contributed by atoms with Gasteiger partial charge in [-0.05, 0) is 72.1 Å². The fraction of sp³-hybridized carbons (Fsp3) is 0.517. The monoisotopic (exact) mass is 464 g/mol. The summed E-state index contributed by atoms with van der Waals surface area (Å²) < 4.78 is 5.86. The lowest BCUT2D eigenvalue weighted by molar-refractivity contribution is -0.158. The Hall–Kier alpha value is -2.50. The maximum atomic E-state index is 13.6. The zero-order valence-corrected chi connectivity index (χ0v) is 20.5. The van der Waals surface area contributed by atoms with Crippen LogP contribution in [0.15, 0.2) is 60.2 Å². The van der Waals surface area contributed by atoms with E-state index in [-0.39, 0.29) is 23.7 Å². The van der Waals surface area contributed by atoms with Gasteiger partial charge in [0.15, 0.2) is 5.78 Å².